The third-order valence-corrected chi connectivity index (χ3v) is 3.06. The molecule has 17 heavy (non-hydrogen) atoms. The predicted molar refractivity (Wildman–Crippen MR) is 64.6 cm³/mol. The Morgan fingerprint density at radius 2 is 2.00 bits per heavy atom. The topological polar surface area (TPSA) is 78.4 Å². The van der Waals surface area contributed by atoms with Crippen LogP contribution in [0.15, 0.2) is 0 Å². The molecule has 1 aliphatic rings. The highest BCUT2D eigenvalue weighted by Crippen LogP contribution is 2.27. The van der Waals surface area contributed by atoms with Crippen LogP contribution in [0.4, 0.5) is 0 Å². The molecule has 1 rings (SSSR count). The lowest BCUT2D eigenvalue weighted by molar-refractivity contribution is -0.143. The van der Waals surface area contributed by atoms with Crippen molar-refractivity contribution in [2.24, 2.45) is 17.8 Å². The highest BCUT2D eigenvalue weighted by atomic mass is 16.4. The number of carboxylic acid groups (broad SMARTS) is 1. The van der Waals surface area contributed by atoms with E-state index in [9.17, 15) is 9.59 Å². The number of rotatable bonds is 8. The highest BCUT2D eigenvalue weighted by molar-refractivity contribution is 5.79. The first-order valence-electron chi connectivity index (χ1n) is 6.21. The van der Waals surface area contributed by atoms with Gasteiger partial charge in [0, 0.05) is 6.54 Å². The number of carbonyl (C=O) groups is 2. The molecular weight excluding hydrogens is 220 g/mol. The second kappa shape index (κ2) is 6.59. The van der Waals surface area contributed by atoms with Crippen molar-refractivity contribution < 1.29 is 14.7 Å². The molecule has 1 unspecified atom stereocenters. The van der Waals surface area contributed by atoms with Crippen LogP contribution >= 0.6 is 0 Å². The summed E-state index contributed by atoms with van der Waals surface area (Å²) >= 11 is 0. The summed E-state index contributed by atoms with van der Waals surface area (Å²) in [4.78, 5) is 22.3. The standard InChI is InChI=1S/C12H22N2O3/c1-8(2)10(12(16)17)6-14-11(15)7-13-5-9-3-4-9/h8-10,13H,3-7H2,1-2H3,(H,14,15)(H,16,17). The Morgan fingerprint density at radius 1 is 1.35 bits per heavy atom. The zero-order valence-corrected chi connectivity index (χ0v) is 10.5. The van der Waals surface area contributed by atoms with Crippen molar-refractivity contribution in [1.29, 1.82) is 0 Å². The number of carbonyl (C=O) groups excluding carboxylic acids is 1. The molecule has 0 aromatic carbocycles. The van der Waals surface area contributed by atoms with Crippen LogP contribution in [0.5, 0.6) is 0 Å². The first kappa shape index (κ1) is 14.0. The highest BCUT2D eigenvalue weighted by Gasteiger charge is 2.22. The van der Waals surface area contributed by atoms with Gasteiger partial charge < -0.3 is 15.7 Å². The quantitative estimate of drug-likeness (QED) is 0.578. The molecule has 1 fully saturated rings. The van der Waals surface area contributed by atoms with Gasteiger partial charge in [-0.05, 0) is 31.2 Å². The summed E-state index contributed by atoms with van der Waals surface area (Å²) in [5, 5.41) is 14.7. The van der Waals surface area contributed by atoms with E-state index in [1.807, 2.05) is 13.8 Å². The van der Waals surface area contributed by atoms with Gasteiger partial charge in [0.15, 0.2) is 0 Å². The molecule has 0 aromatic heterocycles. The SMILES string of the molecule is CC(C)C(CNC(=O)CNCC1CC1)C(=O)O. The zero-order chi connectivity index (χ0) is 12.8. The van der Waals surface area contributed by atoms with Gasteiger partial charge >= 0.3 is 5.97 Å². The zero-order valence-electron chi connectivity index (χ0n) is 10.5. The summed E-state index contributed by atoms with van der Waals surface area (Å²) in [6.45, 7) is 5.06. The van der Waals surface area contributed by atoms with E-state index in [1.165, 1.54) is 12.8 Å². The van der Waals surface area contributed by atoms with Gasteiger partial charge in [-0.2, -0.15) is 0 Å². The summed E-state index contributed by atoms with van der Waals surface area (Å²) < 4.78 is 0. The fourth-order valence-corrected chi connectivity index (χ4v) is 1.61. The van der Waals surface area contributed by atoms with Gasteiger partial charge in [0.25, 0.3) is 0 Å². The van der Waals surface area contributed by atoms with E-state index in [0.717, 1.165) is 12.5 Å². The number of carboxylic acids is 1. The molecule has 0 aliphatic heterocycles. The number of nitrogens with one attached hydrogen (secondary N) is 2. The average molecular weight is 242 g/mol. The lowest BCUT2D eigenvalue weighted by Crippen LogP contribution is -2.40. The van der Waals surface area contributed by atoms with Crippen LogP contribution in [0.2, 0.25) is 0 Å². The monoisotopic (exact) mass is 242 g/mol. The predicted octanol–water partition coefficient (Wildman–Crippen LogP) is 0.459. The van der Waals surface area contributed by atoms with E-state index in [0.29, 0.717) is 0 Å². The lowest BCUT2D eigenvalue weighted by Gasteiger charge is -2.16. The van der Waals surface area contributed by atoms with Crippen LogP contribution in [0.3, 0.4) is 0 Å². The van der Waals surface area contributed by atoms with Crippen molar-refractivity contribution in [1.82, 2.24) is 10.6 Å². The van der Waals surface area contributed by atoms with Gasteiger partial charge in [0.1, 0.15) is 0 Å². The molecule has 0 aromatic rings. The van der Waals surface area contributed by atoms with Crippen molar-refractivity contribution in [3.63, 3.8) is 0 Å². The maximum atomic E-state index is 11.4. The summed E-state index contributed by atoms with van der Waals surface area (Å²) in [5.74, 6) is -0.733. The van der Waals surface area contributed by atoms with Gasteiger partial charge in [0.05, 0.1) is 12.5 Å². The fourth-order valence-electron chi connectivity index (χ4n) is 1.61. The van der Waals surface area contributed by atoms with Crippen molar-refractivity contribution in [2.45, 2.75) is 26.7 Å². The van der Waals surface area contributed by atoms with Crippen LogP contribution in [0.1, 0.15) is 26.7 Å². The maximum absolute atomic E-state index is 11.4. The minimum atomic E-state index is -0.855. The van der Waals surface area contributed by atoms with Crippen molar-refractivity contribution in [3.8, 4) is 0 Å². The number of hydrogen-bond donors (Lipinski definition) is 3. The molecule has 0 spiro atoms. The lowest BCUT2D eigenvalue weighted by atomic mass is 9.96. The second-order valence-corrected chi connectivity index (χ2v) is 5.07. The van der Waals surface area contributed by atoms with Gasteiger partial charge in [-0.1, -0.05) is 13.8 Å². The Labute approximate surface area is 102 Å². The van der Waals surface area contributed by atoms with Crippen molar-refractivity contribution in [2.75, 3.05) is 19.6 Å². The smallest absolute Gasteiger partial charge is 0.308 e. The molecule has 1 atom stereocenters. The van der Waals surface area contributed by atoms with Crippen LogP contribution < -0.4 is 10.6 Å². The fraction of sp³-hybridized carbons (Fsp3) is 0.833. The Balaban J connectivity index is 2.13. The maximum Gasteiger partial charge on any atom is 0.308 e. The summed E-state index contributed by atoms with van der Waals surface area (Å²) in [7, 11) is 0. The van der Waals surface area contributed by atoms with E-state index in [-0.39, 0.29) is 24.9 Å². The largest absolute Gasteiger partial charge is 0.481 e. The molecule has 0 bridgehead atoms. The van der Waals surface area contributed by atoms with Crippen LogP contribution in [-0.4, -0.2) is 36.6 Å². The molecule has 98 valence electrons. The number of aliphatic carboxylic acids is 1. The van der Waals surface area contributed by atoms with Crippen LogP contribution in [-0.2, 0) is 9.59 Å². The second-order valence-electron chi connectivity index (χ2n) is 5.07. The molecule has 5 heteroatoms. The van der Waals surface area contributed by atoms with Gasteiger partial charge in [-0.25, -0.2) is 0 Å². The van der Waals surface area contributed by atoms with E-state index in [4.69, 9.17) is 5.11 Å². The van der Waals surface area contributed by atoms with Gasteiger partial charge in [-0.15, -0.1) is 0 Å². The molecule has 3 N–H and O–H groups in total. The Morgan fingerprint density at radius 3 is 2.47 bits per heavy atom. The molecule has 0 heterocycles. The molecule has 0 radical (unpaired) electrons. The first-order valence-corrected chi connectivity index (χ1v) is 6.21. The van der Waals surface area contributed by atoms with Crippen LogP contribution in [0.25, 0.3) is 0 Å². The van der Waals surface area contributed by atoms with Crippen molar-refractivity contribution in [3.05, 3.63) is 0 Å². The van der Waals surface area contributed by atoms with E-state index < -0.39 is 11.9 Å². The Hall–Kier alpha value is -1.10. The van der Waals surface area contributed by atoms with Gasteiger partial charge in [-0.3, -0.25) is 9.59 Å². The third-order valence-electron chi connectivity index (χ3n) is 3.06. The van der Waals surface area contributed by atoms with E-state index >= 15 is 0 Å². The first-order chi connectivity index (χ1) is 8.00. The molecule has 5 nitrogen and oxygen atoms in total. The van der Waals surface area contributed by atoms with E-state index in [2.05, 4.69) is 10.6 Å². The Bertz CT molecular complexity index is 275. The normalized spacial score (nSPS) is 16.9. The van der Waals surface area contributed by atoms with E-state index in [1.54, 1.807) is 0 Å². The minimum Gasteiger partial charge on any atom is -0.481 e. The summed E-state index contributed by atoms with van der Waals surface area (Å²) in [6.07, 6.45) is 2.51. The summed E-state index contributed by atoms with van der Waals surface area (Å²) in [5.41, 5.74) is 0. The number of amides is 1. The van der Waals surface area contributed by atoms with Crippen molar-refractivity contribution >= 4 is 11.9 Å². The van der Waals surface area contributed by atoms with Crippen LogP contribution in [0, 0.1) is 17.8 Å². The third kappa shape index (κ3) is 5.68. The molecular formula is C12H22N2O3. The molecule has 1 saturated carbocycles. The van der Waals surface area contributed by atoms with Gasteiger partial charge in [0.2, 0.25) is 5.91 Å². The number of hydrogen-bond acceptors (Lipinski definition) is 3. The molecule has 1 aliphatic carbocycles. The summed E-state index contributed by atoms with van der Waals surface area (Å²) in [6, 6.07) is 0. The molecule has 1 amide bonds. The molecule has 0 saturated heterocycles. The average Bonchev–Trinajstić information content (AvgIpc) is 3.00. The Kier molecular flexibility index (Phi) is 5.41. The minimum absolute atomic E-state index is 0.0206.